The minimum atomic E-state index is -0.193. The number of halogens is 2. The Morgan fingerprint density at radius 1 is 1.00 bits per heavy atom. The first-order chi connectivity index (χ1) is 10.2. The van der Waals surface area contributed by atoms with Gasteiger partial charge >= 0.3 is 0 Å². The maximum absolute atomic E-state index is 13.7. The molecule has 3 rings (SSSR count). The van der Waals surface area contributed by atoms with Crippen LogP contribution in [-0.4, -0.2) is 4.98 Å². The Morgan fingerprint density at radius 3 is 2.71 bits per heavy atom. The summed E-state index contributed by atoms with van der Waals surface area (Å²) in [5.74, 6) is -0.193. The van der Waals surface area contributed by atoms with Crippen molar-refractivity contribution in [1.29, 1.82) is 0 Å². The lowest BCUT2D eigenvalue weighted by Gasteiger charge is -2.09. The molecule has 0 unspecified atom stereocenters. The molecule has 0 aliphatic heterocycles. The first kappa shape index (κ1) is 14.2. The highest BCUT2D eigenvalue weighted by Crippen LogP contribution is 2.18. The van der Waals surface area contributed by atoms with Gasteiger partial charge in [0.15, 0.2) is 0 Å². The normalized spacial score (nSPS) is 11.0. The number of aromatic nitrogens is 1. The largest absolute Gasteiger partial charge is 0.308 e. The molecule has 0 aliphatic carbocycles. The van der Waals surface area contributed by atoms with Gasteiger partial charge in [0, 0.05) is 40.9 Å². The van der Waals surface area contributed by atoms with Gasteiger partial charge in [-0.2, -0.15) is 0 Å². The Kier molecular flexibility index (Phi) is 4.27. The molecule has 106 valence electrons. The van der Waals surface area contributed by atoms with Crippen LogP contribution in [0.5, 0.6) is 0 Å². The molecule has 1 aromatic heterocycles. The summed E-state index contributed by atoms with van der Waals surface area (Å²) in [6.45, 7) is 1.13. The first-order valence-corrected chi connectivity index (χ1v) is 7.49. The Bertz CT molecular complexity index is 768. The van der Waals surface area contributed by atoms with Crippen LogP contribution in [0.15, 0.2) is 59.3 Å². The van der Waals surface area contributed by atoms with E-state index in [2.05, 4.69) is 32.3 Å². The molecule has 2 aromatic carbocycles. The minimum absolute atomic E-state index is 0.193. The third-order valence-electron chi connectivity index (χ3n) is 3.39. The quantitative estimate of drug-likeness (QED) is 0.757. The van der Waals surface area contributed by atoms with Crippen molar-refractivity contribution >= 4 is 26.7 Å². The van der Waals surface area contributed by atoms with Crippen LogP contribution < -0.4 is 5.32 Å². The van der Waals surface area contributed by atoms with Crippen molar-refractivity contribution in [2.75, 3.05) is 0 Å². The molecule has 2 nitrogen and oxygen atoms in total. The molecular formula is C17H14BrFN2. The molecule has 0 spiro atoms. The van der Waals surface area contributed by atoms with Crippen molar-refractivity contribution in [2.45, 2.75) is 13.1 Å². The third kappa shape index (κ3) is 3.28. The summed E-state index contributed by atoms with van der Waals surface area (Å²) in [6.07, 6.45) is 3.71. The number of rotatable bonds is 4. The Labute approximate surface area is 131 Å². The number of hydrogen-bond donors (Lipinski definition) is 1. The number of hydrogen-bond acceptors (Lipinski definition) is 2. The van der Waals surface area contributed by atoms with Gasteiger partial charge in [0.1, 0.15) is 5.82 Å². The molecule has 0 fully saturated rings. The average molecular weight is 345 g/mol. The summed E-state index contributed by atoms with van der Waals surface area (Å²) in [7, 11) is 0. The Morgan fingerprint density at radius 2 is 1.81 bits per heavy atom. The van der Waals surface area contributed by atoms with Crippen molar-refractivity contribution in [3.05, 3.63) is 76.3 Å². The number of nitrogens with zero attached hydrogens (tertiary/aromatic N) is 1. The SMILES string of the molecule is Fc1ccc(Br)cc1CNCc1cncc2ccccc12. The van der Waals surface area contributed by atoms with E-state index in [0.717, 1.165) is 15.4 Å². The van der Waals surface area contributed by atoms with Crippen LogP contribution in [0.2, 0.25) is 0 Å². The molecule has 0 amide bonds. The molecule has 1 heterocycles. The number of pyridine rings is 1. The van der Waals surface area contributed by atoms with Crippen molar-refractivity contribution in [1.82, 2.24) is 10.3 Å². The van der Waals surface area contributed by atoms with E-state index in [4.69, 9.17) is 0 Å². The number of benzene rings is 2. The summed E-state index contributed by atoms with van der Waals surface area (Å²) in [4.78, 5) is 4.25. The van der Waals surface area contributed by atoms with Gasteiger partial charge in [-0.05, 0) is 29.1 Å². The van der Waals surface area contributed by atoms with Crippen LogP contribution in [0.3, 0.4) is 0 Å². The summed E-state index contributed by atoms with van der Waals surface area (Å²) in [5.41, 5.74) is 1.76. The van der Waals surface area contributed by atoms with Crippen molar-refractivity contribution in [3.63, 3.8) is 0 Å². The van der Waals surface area contributed by atoms with Gasteiger partial charge in [-0.1, -0.05) is 40.2 Å². The standard InChI is InChI=1S/C17H14BrFN2/c18-15-5-6-17(19)13(7-15)9-21-11-14-10-20-8-12-3-1-2-4-16(12)14/h1-8,10,21H,9,11H2. The van der Waals surface area contributed by atoms with E-state index in [1.54, 1.807) is 12.1 Å². The second-order valence-electron chi connectivity index (χ2n) is 4.86. The van der Waals surface area contributed by atoms with Gasteiger partial charge in [0.2, 0.25) is 0 Å². The molecule has 0 saturated heterocycles. The lowest BCUT2D eigenvalue weighted by Crippen LogP contribution is -2.14. The first-order valence-electron chi connectivity index (χ1n) is 6.70. The van der Waals surface area contributed by atoms with Gasteiger partial charge in [-0.15, -0.1) is 0 Å². The lowest BCUT2D eigenvalue weighted by atomic mass is 10.1. The van der Waals surface area contributed by atoms with Crippen LogP contribution >= 0.6 is 15.9 Å². The summed E-state index contributed by atoms with van der Waals surface area (Å²) >= 11 is 3.36. The smallest absolute Gasteiger partial charge is 0.127 e. The summed E-state index contributed by atoms with van der Waals surface area (Å²) < 4.78 is 14.6. The van der Waals surface area contributed by atoms with E-state index in [1.807, 2.05) is 30.6 Å². The Hall–Kier alpha value is -1.78. The molecule has 0 bridgehead atoms. The van der Waals surface area contributed by atoms with Crippen molar-refractivity contribution in [2.24, 2.45) is 0 Å². The molecule has 0 aliphatic rings. The zero-order chi connectivity index (χ0) is 14.7. The van der Waals surface area contributed by atoms with Gasteiger partial charge in [-0.3, -0.25) is 4.98 Å². The van der Waals surface area contributed by atoms with Crippen LogP contribution in [0.4, 0.5) is 4.39 Å². The topological polar surface area (TPSA) is 24.9 Å². The van der Waals surface area contributed by atoms with E-state index in [-0.39, 0.29) is 5.82 Å². The lowest BCUT2D eigenvalue weighted by molar-refractivity contribution is 0.588. The van der Waals surface area contributed by atoms with E-state index in [1.165, 1.54) is 11.5 Å². The zero-order valence-electron chi connectivity index (χ0n) is 11.3. The fraction of sp³-hybridized carbons (Fsp3) is 0.118. The molecule has 0 radical (unpaired) electrons. The van der Waals surface area contributed by atoms with Crippen molar-refractivity contribution < 1.29 is 4.39 Å². The highest BCUT2D eigenvalue weighted by atomic mass is 79.9. The van der Waals surface area contributed by atoms with Gasteiger partial charge < -0.3 is 5.32 Å². The van der Waals surface area contributed by atoms with Crippen LogP contribution in [0.25, 0.3) is 10.8 Å². The van der Waals surface area contributed by atoms with Crippen LogP contribution in [0, 0.1) is 5.82 Å². The predicted octanol–water partition coefficient (Wildman–Crippen LogP) is 4.43. The van der Waals surface area contributed by atoms with E-state index >= 15 is 0 Å². The highest BCUT2D eigenvalue weighted by molar-refractivity contribution is 9.10. The highest BCUT2D eigenvalue weighted by Gasteiger charge is 2.04. The molecule has 21 heavy (non-hydrogen) atoms. The maximum Gasteiger partial charge on any atom is 0.127 e. The van der Waals surface area contributed by atoms with Gasteiger partial charge in [0.25, 0.3) is 0 Å². The Balaban J connectivity index is 1.74. The third-order valence-corrected chi connectivity index (χ3v) is 3.88. The fourth-order valence-electron chi connectivity index (χ4n) is 2.33. The summed E-state index contributed by atoms with van der Waals surface area (Å²) in [5, 5.41) is 5.57. The second kappa shape index (κ2) is 6.33. The molecular weight excluding hydrogens is 331 g/mol. The van der Waals surface area contributed by atoms with E-state index in [9.17, 15) is 4.39 Å². The van der Waals surface area contributed by atoms with Gasteiger partial charge in [-0.25, -0.2) is 4.39 Å². The van der Waals surface area contributed by atoms with Gasteiger partial charge in [0.05, 0.1) is 0 Å². The molecule has 1 N–H and O–H groups in total. The number of fused-ring (bicyclic) bond motifs is 1. The zero-order valence-corrected chi connectivity index (χ0v) is 12.9. The van der Waals surface area contributed by atoms with E-state index in [0.29, 0.717) is 18.7 Å². The maximum atomic E-state index is 13.7. The molecule has 0 atom stereocenters. The minimum Gasteiger partial charge on any atom is -0.308 e. The van der Waals surface area contributed by atoms with Crippen molar-refractivity contribution in [3.8, 4) is 0 Å². The monoisotopic (exact) mass is 344 g/mol. The fourth-order valence-corrected chi connectivity index (χ4v) is 2.74. The number of nitrogens with one attached hydrogen (secondary N) is 1. The summed E-state index contributed by atoms with van der Waals surface area (Å²) in [6, 6.07) is 13.1. The molecule has 0 saturated carbocycles. The van der Waals surface area contributed by atoms with Crippen LogP contribution in [0.1, 0.15) is 11.1 Å². The van der Waals surface area contributed by atoms with Crippen LogP contribution in [-0.2, 0) is 13.1 Å². The average Bonchev–Trinajstić information content (AvgIpc) is 2.51. The van der Waals surface area contributed by atoms with E-state index < -0.39 is 0 Å². The molecule has 4 heteroatoms. The predicted molar refractivity (Wildman–Crippen MR) is 86.4 cm³/mol. The molecule has 3 aromatic rings. The second-order valence-corrected chi connectivity index (χ2v) is 5.77.